The van der Waals surface area contributed by atoms with E-state index >= 15 is 0 Å². The Morgan fingerprint density at radius 1 is 0.897 bits per heavy atom. The third kappa shape index (κ3) is 4.20. The number of benzene rings is 1. The molecule has 0 aliphatic rings. The highest BCUT2D eigenvalue weighted by molar-refractivity contribution is 7.18. The largest absolute Gasteiger partial charge is 0.497 e. The highest BCUT2D eigenvalue weighted by Gasteiger charge is 2.13. The number of anilines is 2. The molecule has 0 fully saturated rings. The molecule has 4 aromatic rings. The number of methoxy groups -OCH3 is 2. The van der Waals surface area contributed by atoms with Crippen molar-refractivity contribution in [3.63, 3.8) is 0 Å². The van der Waals surface area contributed by atoms with Gasteiger partial charge in [-0.15, -0.1) is 11.3 Å². The Hall–Kier alpha value is -3.45. The van der Waals surface area contributed by atoms with Gasteiger partial charge in [0.1, 0.15) is 28.1 Å². The Morgan fingerprint density at radius 3 is 2.55 bits per heavy atom. The maximum Gasteiger partial charge on any atom is 0.132 e. The van der Waals surface area contributed by atoms with Crippen molar-refractivity contribution >= 4 is 23.0 Å². The molecule has 6 nitrogen and oxygen atoms in total. The number of nitrogens with zero attached hydrogens (tertiary/aromatic N) is 3. The monoisotopic (exact) mass is 404 g/mol. The second-order valence-electron chi connectivity index (χ2n) is 6.35. The van der Waals surface area contributed by atoms with Crippen LogP contribution in [0.25, 0.3) is 21.1 Å². The summed E-state index contributed by atoms with van der Waals surface area (Å²) >= 11 is 1.56. The van der Waals surface area contributed by atoms with Gasteiger partial charge >= 0.3 is 0 Å². The van der Waals surface area contributed by atoms with Crippen molar-refractivity contribution in [1.82, 2.24) is 15.0 Å². The van der Waals surface area contributed by atoms with Gasteiger partial charge in [0.2, 0.25) is 0 Å². The van der Waals surface area contributed by atoms with Crippen molar-refractivity contribution in [3.05, 3.63) is 66.5 Å². The van der Waals surface area contributed by atoms with Gasteiger partial charge in [0.25, 0.3) is 0 Å². The van der Waals surface area contributed by atoms with E-state index in [0.717, 1.165) is 49.8 Å². The molecular weight excluding hydrogens is 384 g/mol. The summed E-state index contributed by atoms with van der Waals surface area (Å²) in [7, 11) is 3.28. The van der Waals surface area contributed by atoms with E-state index in [4.69, 9.17) is 14.5 Å². The van der Waals surface area contributed by atoms with Crippen LogP contribution in [-0.4, -0.2) is 29.2 Å². The second-order valence-corrected chi connectivity index (χ2v) is 7.38. The molecule has 1 aromatic carbocycles. The smallest absolute Gasteiger partial charge is 0.132 e. The number of nitrogens with one attached hydrogen (secondary N) is 1. The summed E-state index contributed by atoms with van der Waals surface area (Å²) in [6.07, 6.45) is 3.66. The van der Waals surface area contributed by atoms with E-state index in [-0.39, 0.29) is 0 Å². The molecule has 7 heteroatoms. The van der Waals surface area contributed by atoms with E-state index in [1.165, 1.54) is 0 Å². The van der Waals surface area contributed by atoms with Crippen LogP contribution in [0, 0.1) is 6.92 Å². The number of ether oxygens (including phenoxy) is 2. The average molecular weight is 404 g/mol. The number of aryl methyl sites for hydroxylation is 1. The van der Waals surface area contributed by atoms with Gasteiger partial charge in [-0.2, -0.15) is 0 Å². The number of pyridine rings is 2. The van der Waals surface area contributed by atoms with Crippen molar-refractivity contribution in [1.29, 1.82) is 0 Å². The minimum atomic E-state index is 0.721. The molecule has 0 saturated heterocycles. The first-order valence-corrected chi connectivity index (χ1v) is 9.83. The van der Waals surface area contributed by atoms with E-state index in [9.17, 15) is 0 Å². The van der Waals surface area contributed by atoms with Crippen LogP contribution >= 0.6 is 11.3 Å². The Morgan fingerprint density at radius 2 is 1.79 bits per heavy atom. The summed E-state index contributed by atoms with van der Waals surface area (Å²) in [5, 5.41) is 4.10. The molecule has 0 radical (unpaired) electrons. The number of thiazole rings is 1. The van der Waals surface area contributed by atoms with E-state index in [0.29, 0.717) is 0 Å². The summed E-state index contributed by atoms with van der Waals surface area (Å²) in [6, 6.07) is 15.5. The molecule has 0 spiro atoms. The molecule has 4 rings (SSSR count). The summed E-state index contributed by atoms with van der Waals surface area (Å²) in [6.45, 7) is 2.01. The molecular formula is C22H20N4O2S. The van der Waals surface area contributed by atoms with Crippen LogP contribution in [0.4, 0.5) is 11.6 Å². The summed E-state index contributed by atoms with van der Waals surface area (Å²) in [5.74, 6) is 2.95. The number of rotatable bonds is 6. The first-order valence-electron chi connectivity index (χ1n) is 9.01. The van der Waals surface area contributed by atoms with Gasteiger partial charge in [-0.1, -0.05) is 12.1 Å². The van der Waals surface area contributed by atoms with Crippen LogP contribution in [0.1, 0.15) is 5.56 Å². The Bertz CT molecular complexity index is 1130. The molecule has 0 saturated carbocycles. The number of hydrogen-bond acceptors (Lipinski definition) is 7. The highest BCUT2D eigenvalue weighted by Crippen LogP contribution is 2.38. The normalized spacial score (nSPS) is 10.6. The zero-order valence-corrected chi connectivity index (χ0v) is 17.2. The molecule has 0 amide bonds. The fraction of sp³-hybridized carbons (Fsp3) is 0.136. The number of hydrogen-bond donors (Lipinski definition) is 1. The third-order valence-corrected chi connectivity index (χ3v) is 5.37. The van der Waals surface area contributed by atoms with E-state index in [2.05, 4.69) is 15.3 Å². The lowest BCUT2D eigenvalue weighted by Crippen LogP contribution is -1.96. The molecule has 146 valence electrons. The predicted molar refractivity (Wildman–Crippen MR) is 116 cm³/mol. The second kappa shape index (κ2) is 8.28. The van der Waals surface area contributed by atoms with Crippen molar-refractivity contribution in [3.8, 4) is 32.6 Å². The van der Waals surface area contributed by atoms with E-state index in [1.54, 1.807) is 25.6 Å². The first kappa shape index (κ1) is 18.9. The topological polar surface area (TPSA) is 69.2 Å². The third-order valence-electron chi connectivity index (χ3n) is 4.31. The fourth-order valence-electron chi connectivity index (χ4n) is 2.81. The van der Waals surface area contributed by atoms with Crippen LogP contribution in [0.15, 0.2) is 60.9 Å². The summed E-state index contributed by atoms with van der Waals surface area (Å²) < 4.78 is 10.8. The van der Waals surface area contributed by atoms with Gasteiger partial charge in [0.15, 0.2) is 0 Å². The molecule has 0 bridgehead atoms. The van der Waals surface area contributed by atoms with Crippen molar-refractivity contribution in [2.24, 2.45) is 0 Å². The fourth-order valence-corrected chi connectivity index (χ4v) is 3.72. The van der Waals surface area contributed by atoms with Gasteiger partial charge in [0.05, 0.1) is 30.4 Å². The average Bonchev–Trinajstić information content (AvgIpc) is 3.25. The van der Waals surface area contributed by atoms with Crippen LogP contribution < -0.4 is 14.8 Å². The first-order chi connectivity index (χ1) is 14.2. The van der Waals surface area contributed by atoms with Gasteiger partial charge in [-0.3, -0.25) is 0 Å². The van der Waals surface area contributed by atoms with Gasteiger partial charge in [0, 0.05) is 18.5 Å². The van der Waals surface area contributed by atoms with Gasteiger partial charge in [-0.05, 0) is 42.8 Å². The highest BCUT2D eigenvalue weighted by atomic mass is 32.1. The molecule has 0 aliphatic carbocycles. The molecule has 29 heavy (non-hydrogen) atoms. The van der Waals surface area contributed by atoms with E-state index < -0.39 is 0 Å². The number of aromatic nitrogens is 3. The Kier molecular flexibility index (Phi) is 5.39. The van der Waals surface area contributed by atoms with Crippen molar-refractivity contribution in [2.45, 2.75) is 6.92 Å². The molecule has 0 atom stereocenters. The van der Waals surface area contributed by atoms with Crippen LogP contribution in [0.3, 0.4) is 0 Å². The Labute approximate surface area is 173 Å². The maximum absolute atomic E-state index is 5.51. The molecule has 0 unspecified atom stereocenters. The van der Waals surface area contributed by atoms with Crippen molar-refractivity contribution < 1.29 is 9.47 Å². The lowest BCUT2D eigenvalue weighted by Gasteiger charge is -2.08. The molecule has 3 heterocycles. The van der Waals surface area contributed by atoms with Crippen LogP contribution in [0.2, 0.25) is 0 Å². The standard InChI is InChI=1S/C22H20N4O2S/c1-14-7-10-20(23-12-14)26-21-6-4-5-17(25-21)19-13-24-22(29-19)16-9-8-15(27-2)11-18(16)28-3/h4-13H,1-3H3,(H,23,25,26). The van der Waals surface area contributed by atoms with Crippen molar-refractivity contribution in [2.75, 3.05) is 19.5 Å². The van der Waals surface area contributed by atoms with Crippen LogP contribution in [-0.2, 0) is 0 Å². The minimum absolute atomic E-state index is 0.721. The lowest BCUT2D eigenvalue weighted by molar-refractivity contribution is 0.395. The minimum Gasteiger partial charge on any atom is -0.497 e. The SMILES string of the molecule is COc1ccc(-c2ncc(-c3cccc(Nc4ccc(C)cn4)n3)s2)c(OC)c1. The molecule has 3 aromatic heterocycles. The van der Waals surface area contributed by atoms with Gasteiger partial charge < -0.3 is 14.8 Å². The van der Waals surface area contributed by atoms with E-state index in [1.807, 2.05) is 67.8 Å². The Balaban J connectivity index is 1.61. The van der Waals surface area contributed by atoms with Crippen LogP contribution in [0.5, 0.6) is 11.5 Å². The predicted octanol–water partition coefficient (Wildman–Crippen LogP) is 5.34. The van der Waals surface area contributed by atoms with Gasteiger partial charge in [-0.25, -0.2) is 15.0 Å². The molecule has 1 N–H and O–H groups in total. The maximum atomic E-state index is 5.51. The zero-order chi connectivity index (χ0) is 20.2. The molecule has 0 aliphatic heterocycles. The quantitative estimate of drug-likeness (QED) is 0.468. The zero-order valence-electron chi connectivity index (χ0n) is 16.3. The lowest BCUT2D eigenvalue weighted by atomic mass is 10.2. The summed E-state index contributed by atoms with van der Waals surface area (Å²) in [4.78, 5) is 14.6. The summed E-state index contributed by atoms with van der Waals surface area (Å²) in [5.41, 5.74) is 2.88.